The standard InChI is InChI=1S/C32H48O6/c1-20(10-8-16-31(5,6)37)24-14-15-25-22(11-9-17-32(24,25)7)12-13-23-18-26(33)28(27(34)21(23)2)38-19-30(3,4)29(35)36/h12-13,20,24-28,33-34,37H,2,9-11,14-15,17-19H2,1,3-7H3,(H,35,36)/b22-12+,23-13-/t20-,24-,25+,26-,27-,28+,32-/m1/s1. The van der Waals surface area contributed by atoms with Crippen molar-refractivity contribution in [2.24, 2.45) is 28.6 Å². The summed E-state index contributed by atoms with van der Waals surface area (Å²) in [5.41, 5.74) is 0.910. The van der Waals surface area contributed by atoms with Crippen LogP contribution in [-0.4, -0.2) is 56.9 Å². The molecule has 0 unspecified atom stereocenters. The van der Waals surface area contributed by atoms with Gasteiger partial charge in [-0.05, 0) is 94.1 Å². The van der Waals surface area contributed by atoms with E-state index in [2.05, 4.69) is 38.3 Å². The zero-order valence-corrected chi connectivity index (χ0v) is 24.1. The number of carboxylic acid groups (broad SMARTS) is 1. The van der Waals surface area contributed by atoms with Crippen molar-refractivity contribution in [1.29, 1.82) is 0 Å². The Morgan fingerprint density at radius 3 is 2.55 bits per heavy atom. The van der Waals surface area contributed by atoms with Crippen LogP contribution in [0.1, 0.15) is 86.5 Å². The molecule has 212 valence electrons. The first-order valence-corrected chi connectivity index (χ1v) is 14.1. The van der Waals surface area contributed by atoms with E-state index in [9.17, 15) is 25.2 Å². The number of carbonyl (C=O) groups is 1. The summed E-state index contributed by atoms with van der Waals surface area (Å²) in [6.45, 7) is 15.2. The van der Waals surface area contributed by atoms with Gasteiger partial charge in [0.05, 0.1) is 18.1 Å². The summed E-state index contributed by atoms with van der Waals surface area (Å²) in [5, 5.41) is 40.8. The van der Waals surface area contributed by atoms with Gasteiger partial charge in [0.2, 0.25) is 0 Å². The zero-order valence-electron chi connectivity index (χ0n) is 24.1. The first-order valence-electron chi connectivity index (χ1n) is 14.1. The van der Waals surface area contributed by atoms with E-state index in [4.69, 9.17) is 4.74 Å². The van der Waals surface area contributed by atoms with Crippen molar-refractivity contribution < 1.29 is 30.0 Å². The van der Waals surface area contributed by atoms with Gasteiger partial charge >= 0.3 is 5.97 Å². The van der Waals surface area contributed by atoms with Crippen LogP contribution in [0.25, 0.3) is 0 Å². The van der Waals surface area contributed by atoms with E-state index >= 15 is 0 Å². The maximum absolute atomic E-state index is 11.4. The molecule has 6 nitrogen and oxygen atoms in total. The SMILES string of the molecule is C=C1/C(=C\C=C2/CCC[C@]3(C)[C@@H]([C@H](C)CC#CC(C)(C)O)CC[C@@H]23)C[C@@H](O)[C@H](OCC(C)(C)C(=O)O)[C@@H]1O. The molecule has 38 heavy (non-hydrogen) atoms. The van der Waals surface area contributed by atoms with Gasteiger partial charge in [-0.3, -0.25) is 4.79 Å². The number of rotatable bonds is 7. The number of ether oxygens (including phenoxy) is 1. The first-order chi connectivity index (χ1) is 17.6. The van der Waals surface area contributed by atoms with Crippen molar-refractivity contribution >= 4 is 5.97 Å². The molecule has 0 amide bonds. The average molecular weight is 529 g/mol. The Bertz CT molecular complexity index is 1020. The fraction of sp³-hybridized carbons (Fsp3) is 0.719. The minimum Gasteiger partial charge on any atom is -0.481 e. The summed E-state index contributed by atoms with van der Waals surface area (Å²) in [4.78, 5) is 11.4. The van der Waals surface area contributed by atoms with E-state index in [1.165, 1.54) is 18.4 Å². The summed E-state index contributed by atoms with van der Waals surface area (Å²) in [6, 6.07) is 0. The molecule has 3 rings (SSSR count). The van der Waals surface area contributed by atoms with E-state index in [0.29, 0.717) is 29.7 Å². The van der Waals surface area contributed by atoms with E-state index in [1.807, 2.05) is 6.08 Å². The summed E-state index contributed by atoms with van der Waals surface area (Å²) in [7, 11) is 0. The molecule has 0 aromatic heterocycles. The number of carboxylic acids is 1. The molecule has 6 heteroatoms. The summed E-state index contributed by atoms with van der Waals surface area (Å²) < 4.78 is 5.69. The van der Waals surface area contributed by atoms with E-state index < -0.39 is 35.3 Å². The number of hydrogen-bond donors (Lipinski definition) is 4. The lowest BCUT2D eigenvalue weighted by molar-refractivity contribution is -0.158. The van der Waals surface area contributed by atoms with Gasteiger partial charge in [-0.1, -0.05) is 44.1 Å². The second kappa shape index (κ2) is 11.7. The highest BCUT2D eigenvalue weighted by Gasteiger charge is 2.50. The van der Waals surface area contributed by atoms with Crippen LogP contribution < -0.4 is 0 Å². The van der Waals surface area contributed by atoms with E-state index in [-0.39, 0.29) is 12.0 Å². The second-order valence-corrected chi connectivity index (χ2v) is 13.3. The Balaban J connectivity index is 1.71. The topological polar surface area (TPSA) is 107 Å². The van der Waals surface area contributed by atoms with Crippen molar-refractivity contribution in [3.05, 3.63) is 35.5 Å². The van der Waals surface area contributed by atoms with E-state index in [1.54, 1.807) is 27.7 Å². The summed E-state index contributed by atoms with van der Waals surface area (Å²) in [6.07, 6.45) is 8.10. The van der Waals surface area contributed by atoms with Gasteiger partial charge in [0, 0.05) is 12.8 Å². The average Bonchev–Trinajstić information content (AvgIpc) is 3.17. The highest BCUT2D eigenvalue weighted by atomic mass is 16.5. The maximum atomic E-state index is 11.4. The molecule has 0 aromatic carbocycles. The third-order valence-corrected chi connectivity index (χ3v) is 9.15. The van der Waals surface area contributed by atoms with Gasteiger partial charge in [-0.15, -0.1) is 5.92 Å². The Hall–Kier alpha value is -1.91. The molecule has 0 aromatic rings. The molecule has 4 N–H and O–H groups in total. The largest absolute Gasteiger partial charge is 0.481 e. The Labute approximate surface area is 228 Å². The maximum Gasteiger partial charge on any atom is 0.311 e. The molecular formula is C32H48O6. The number of aliphatic carboxylic acids is 1. The smallest absolute Gasteiger partial charge is 0.311 e. The molecule has 0 spiro atoms. The first kappa shape index (κ1) is 30.6. The summed E-state index contributed by atoms with van der Waals surface area (Å²) >= 11 is 0. The van der Waals surface area contributed by atoms with Crippen molar-refractivity contribution in [2.75, 3.05) is 6.61 Å². The number of fused-ring (bicyclic) bond motifs is 1. The lowest BCUT2D eigenvalue weighted by Gasteiger charge is -2.44. The molecule has 3 saturated carbocycles. The van der Waals surface area contributed by atoms with Crippen molar-refractivity contribution in [1.82, 2.24) is 0 Å². The highest BCUT2D eigenvalue weighted by molar-refractivity contribution is 5.73. The monoisotopic (exact) mass is 528 g/mol. The second-order valence-electron chi connectivity index (χ2n) is 13.3. The predicted octanol–water partition coefficient (Wildman–Crippen LogP) is 5.03. The molecule has 0 bridgehead atoms. The molecular weight excluding hydrogens is 480 g/mol. The molecule has 0 radical (unpaired) electrons. The van der Waals surface area contributed by atoms with Gasteiger partial charge in [0.1, 0.15) is 17.8 Å². The lowest BCUT2D eigenvalue weighted by atomic mass is 9.61. The third-order valence-electron chi connectivity index (χ3n) is 9.15. The fourth-order valence-electron chi connectivity index (χ4n) is 6.81. The molecule has 7 atom stereocenters. The van der Waals surface area contributed by atoms with Crippen LogP contribution >= 0.6 is 0 Å². The lowest BCUT2D eigenvalue weighted by Crippen LogP contribution is -2.47. The van der Waals surface area contributed by atoms with Crippen LogP contribution in [0.2, 0.25) is 0 Å². The third kappa shape index (κ3) is 6.80. The molecule has 3 fully saturated rings. The quantitative estimate of drug-likeness (QED) is 0.345. The van der Waals surface area contributed by atoms with E-state index in [0.717, 1.165) is 31.3 Å². The number of allylic oxidation sites excluding steroid dienone is 3. The van der Waals surface area contributed by atoms with Crippen LogP contribution in [0.15, 0.2) is 35.5 Å². The Morgan fingerprint density at radius 2 is 1.92 bits per heavy atom. The Morgan fingerprint density at radius 1 is 1.24 bits per heavy atom. The van der Waals surface area contributed by atoms with Gasteiger partial charge < -0.3 is 25.2 Å². The molecule has 0 saturated heterocycles. The normalized spacial score (nSPS) is 35.1. The number of aliphatic hydroxyl groups excluding tert-OH is 2. The minimum atomic E-state index is -1.12. The Kier molecular flexibility index (Phi) is 9.41. The van der Waals surface area contributed by atoms with Crippen LogP contribution in [0.5, 0.6) is 0 Å². The van der Waals surface area contributed by atoms with Crippen LogP contribution in [0.3, 0.4) is 0 Å². The van der Waals surface area contributed by atoms with Crippen LogP contribution in [0.4, 0.5) is 0 Å². The zero-order chi connectivity index (χ0) is 28.5. The van der Waals surface area contributed by atoms with Crippen molar-refractivity contribution in [3.8, 4) is 11.8 Å². The fourth-order valence-corrected chi connectivity index (χ4v) is 6.81. The minimum absolute atomic E-state index is 0.110. The van der Waals surface area contributed by atoms with Crippen LogP contribution in [0, 0.1) is 40.4 Å². The number of hydrogen-bond acceptors (Lipinski definition) is 5. The highest BCUT2D eigenvalue weighted by Crippen LogP contribution is 2.59. The molecule has 0 heterocycles. The molecule has 3 aliphatic rings. The summed E-state index contributed by atoms with van der Waals surface area (Å²) in [5.74, 6) is 6.73. The number of aliphatic hydroxyl groups is 3. The van der Waals surface area contributed by atoms with Gasteiger partial charge in [-0.25, -0.2) is 0 Å². The molecule has 0 aliphatic heterocycles. The van der Waals surface area contributed by atoms with Gasteiger partial charge in [0.15, 0.2) is 0 Å². The van der Waals surface area contributed by atoms with Gasteiger partial charge in [-0.2, -0.15) is 0 Å². The predicted molar refractivity (Wildman–Crippen MR) is 149 cm³/mol. The molecule has 3 aliphatic carbocycles. The van der Waals surface area contributed by atoms with Gasteiger partial charge in [0.25, 0.3) is 0 Å². The van der Waals surface area contributed by atoms with Crippen molar-refractivity contribution in [2.45, 2.75) is 110 Å². The van der Waals surface area contributed by atoms with Crippen LogP contribution in [-0.2, 0) is 9.53 Å². The van der Waals surface area contributed by atoms with Crippen molar-refractivity contribution in [3.63, 3.8) is 0 Å².